The Kier molecular flexibility index (Phi) is 8.60. The third kappa shape index (κ3) is 7.70. The number of hydrogen-bond acceptors (Lipinski definition) is 5. The Balaban J connectivity index is 1.71. The van der Waals surface area contributed by atoms with Crippen molar-refractivity contribution in [2.75, 3.05) is 25.0 Å². The molecule has 0 aliphatic rings. The van der Waals surface area contributed by atoms with Gasteiger partial charge in [-0.15, -0.1) is 0 Å². The number of carbonyl (C=O) groups excluding carboxylic acids is 2. The molecule has 0 radical (unpaired) electrons. The summed E-state index contributed by atoms with van der Waals surface area (Å²) in [5, 5.41) is 11.9. The van der Waals surface area contributed by atoms with E-state index < -0.39 is 0 Å². The fraction of sp³-hybridized carbons (Fsp3) is 0.250. The molecule has 180 valence electrons. The predicted molar refractivity (Wildman–Crippen MR) is 136 cm³/mol. The number of para-hydroxylation sites is 1. The molecule has 7 nitrogen and oxygen atoms in total. The second-order valence-electron chi connectivity index (χ2n) is 9.07. The van der Waals surface area contributed by atoms with E-state index in [1.165, 1.54) is 0 Å². The van der Waals surface area contributed by atoms with Crippen molar-refractivity contribution in [1.29, 1.82) is 5.26 Å². The van der Waals surface area contributed by atoms with Gasteiger partial charge in [-0.1, -0.05) is 44.2 Å². The maximum Gasteiger partial charge on any atom is 0.262 e. The molecular formula is C28H30N4O3. The summed E-state index contributed by atoms with van der Waals surface area (Å²) in [4.78, 5) is 27.4. The summed E-state index contributed by atoms with van der Waals surface area (Å²) in [6.45, 7) is 5.12. The van der Waals surface area contributed by atoms with Crippen LogP contribution in [0.15, 0.2) is 78.9 Å². The van der Waals surface area contributed by atoms with Crippen molar-refractivity contribution in [1.82, 2.24) is 4.90 Å². The lowest BCUT2D eigenvalue weighted by Gasteiger charge is -2.32. The fourth-order valence-electron chi connectivity index (χ4n) is 3.48. The molecule has 3 rings (SSSR count). The lowest BCUT2D eigenvalue weighted by molar-refractivity contribution is -0.118. The highest BCUT2D eigenvalue weighted by molar-refractivity contribution is 5.94. The molecule has 0 fully saturated rings. The number of nitrogens with zero attached hydrogens (tertiary/aromatic N) is 2. The number of rotatable bonds is 10. The lowest BCUT2D eigenvalue weighted by Crippen LogP contribution is -2.41. The standard InChI is InChI=1S/C28H30N4O3/c1-28(2,19-30)20-32(27(34)23-13-11-21(16-29)12-14-23)17-22-7-6-8-24(15-22)31-26(33)18-35-25-9-4-3-5-10-25/h3-15H,17-20,30H2,1-2H3,(H,31,33). The van der Waals surface area contributed by atoms with Gasteiger partial charge in [-0.25, -0.2) is 0 Å². The average Bonchev–Trinajstić information content (AvgIpc) is 2.87. The van der Waals surface area contributed by atoms with Crippen LogP contribution in [0.5, 0.6) is 5.75 Å². The first kappa shape index (κ1) is 25.5. The van der Waals surface area contributed by atoms with Crippen molar-refractivity contribution in [2.45, 2.75) is 20.4 Å². The molecule has 0 saturated carbocycles. The first-order valence-corrected chi connectivity index (χ1v) is 11.4. The summed E-state index contributed by atoms with van der Waals surface area (Å²) >= 11 is 0. The first-order chi connectivity index (χ1) is 16.8. The molecule has 0 bridgehead atoms. The van der Waals surface area contributed by atoms with E-state index in [1.807, 2.05) is 50.2 Å². The van der Waals surface area contributed by atoms with Crippen molar-refractivity contribution in [3.8, 4) is 11.8 Å². The second kappa shape index (κ2) is 11.8. The number of nitrogens with one attached hydrogen (secondary N) is 1. The van der Waals surface area contributed by atoms with Gasteiger partial charge in [-0.3, -0.25) is 9.59 Å². The van der Waals surface area contributed by atoms with E-state index >= 15 is 0 Å². The molecule has 3 aromatic carbocycles. The van der Waals surface area contributed by atoms with Gasteiger partial charge in [0, 0.05) is 24.3 Å². The zero-order valence-electron chi connectivity index (χ0n) is 20.0. The first-order valence-electron chi connectivity index (χ1n) is 11.4. The number of ether oxygens (including phenoxy) is 1. The van der Waals surface area contributed by atoms with E-state index in [4.69, 9.17) is 15.7 Å². The van der Waals surface area contributed by atoms with Crippen LogP contribution in [0.3, 0.4) is 0 Å². The van der Waals surface area contributed by atoms with Crippen LogP contribution < -0.4 is 15.8 Å². The van der Waals surface area contributed by atoms with E-state index in [2.05, 4.69) is 11.4 Å². The Morgan fingerprint density at radius 3 is 2.40 bits per heavy atom. The smallest absolute Gasteiger partial charge is 0.262 e. The normalized spacial score (nSPS) is 10.8. The van der Waals surface area contributed by atoms with Gasteiger partial charge in [-0.2, -0.15) is 5.26 Å². The van der Waals surface area contributed by atoms with Crippen LogP contribution >= 0.6 is 0 Å². The Morgan fingerprint density at radius 2 is 1.74 bits per heavy atom. The van der Waals surface area contributed by atoms with Crippen molar-refractivity contribution in [3.05, 3.63) is 95.6 Å². The van der Waals surface area contributed by atoms with E-state index in [1.54, 1.807) is 47.4 Å². The van der Waals surface area contributed by atoms with E-state index in [-0.39, 0.29) is 23.8 Å². The summed E-state index contributed by atoms with van der Waals surface area (Å²) in [6.07, 6.45) is 0. The molecule has 3 aromatic rings. The summed E-state index contributed by atoms with van der Waals surface area (Å²) < 4.78 is 5.50. The minimum Gasteiger partial charge on any atom is -0.484 e. The van der Waals surface area contributed by atoms with Crippen molar-refractivity contribution in [2.24, 2.45) is 11.1 Å². The van der Waals surface area contributed by atoms with Gasteiger partial charge in [0.15, 0.2) is 6.61 Å². The van der Waals surface area contributed by atoms with Gasteiger partial charge >= 0.3 is 0 Å². The molecule has 2 amide bonds. The van der Waals surface area contributed by atoms with Gasteiger partial charge in [0.25, 0.3) is 11.8 Å². The van der Waals surface area contributed by atoms with Crippen LogP contribution in [0.2, 0.25) is 0 Å². The van der Waals surface area contributed by atoms with Gasteiger partial charge in [0.05, 0.1) is 11.6 Å². The molecule has 0 atom stereocenters. The number of carbonyl (C=O) groups is 2. The van der Waals surface area contributed by atoms with Crippen LogP contribution in [-0.2, 0) is 11.3 Å². The molecule has 0 saturated heterocycles. The molecular weight excluding hydrogens is 440 g/mol. The van der Waals surface area contributed by atoms with Crippen LogP contribution in [0.4, 0.5) is 5.69 Å². The van der Waals surface area contributed by atoms with Crippen LogP contribution in [0.25, 0.3) is 0 Å². The number of nitrogens with two attached hydrogens (primary N) is 1. The number of benzene rings is 3. The Hall–Kier alpha value is -4.15. The monoisotopic (exact) mass is 470 g/mol. The molecule has 0 aliphatic carbocycles. The molecule has 3 N–H and O–H groups in total. The molecule has 0 spiro atoms. The molecule has 0 unspecified atom stereocenters. The molecule has 0 aliphatic heterocycles. The maximum atomic E-state index is 13.3. The minimum absolute atomic E-state index is 0.109. The summed E-state index contributed by atoms with van der Waals surface area (Å²) in [5.74, 6) is 0.193. The zero-order valence-corrected chi connectivity index (χ0v) is 20.0. The SMILES string of the molecule is CC(C)(CN)CN(Cc1cccc(NC(=O)COc2ccccc2)c1)C(=O)c1ccc(C#N)cc1. The van der Waals surface area contributed by atoms with Gasteiger partial charge in [0.1, 0.15) is 5.75 Å². The third-order valence-electron chi connectivity index (χ3n) is 5.42. The Bertz CT molecular complexity index is 1180. The summed E-state index contributed by atoms with van der Waals surface area (Å²) in [5.41, 5.74) is 8.13. The van der Waals surface area contributed by atoms with Crippen LogP contribution in [-0.4, -0.2) is 36.4 Å². The molecule has 0 aromatic heterocycles. The minimum atomic E-state index is -0.289. The van der Waals surface area contributed by atoms with E-state index in [0.29, 0.717) is 42.2 Å². The summed E-state index contributed by atoms with van der Waals surface area (Å²) in [7, 11) is 0. The average molecular weight is 471 g/mol. The van der Waals surface area contributed by atoms with Crippen molar-refractivity contribution >= 4 is 17.5 Å². The van der Waals surface area contributed by atoms with Gasteiger partial charge in [0.2, 0.25) is 0 Å². The van der Waals surface area contributed by atoms with Crippen LogP contribution in [0, 0.1) is 16.7 Å². The van der Waals surface area contributed by atoms with Crippen molar-refractivity contribution < 1.29 is 14.3 Å². The fourth-order valence-corrected chi connectivity index (χ4v) is 3.48. The highest BCUT2D eigenvalue weighted by Crippen LogP contribution is 2.21. The number of hydrogen-bond donors (Lipinski definition) is 2. The number of amides is 2. The summed E-state index contributed by atoms with van der Waals surface area (Å²) in [6, 6.07) is 25.2. The van der Waals surface area contributed by atoms with Crippen LogP contribution in [0.1, 0.15) is 35.3 Å². The maximum absolute atomic E-state index is 13.3. The highest BCUT2D eigenvalue weighted by atomic mass is 16.5. The van der Waals surface area contributed by atoms with E-state index in [0.717, 1.165) is 5.56 Å². The molecule has 0 heterocycles. The van der Waals surface area contributed by atoms with Gasteiger partial charge in [-0.05, 0) is 66.1 Å². The van der Waals surface area contributed by atoms with Gasteiger partial charge < -0.3 is 20.7 Å². The van der Waals surface area contributed by atoms with E-state index in [9.17, 15) is 9.59 Å². The third-order valence-corrected chi connectivity index (χ3v) is 5.42. The molecule has 7 heteroatoms. The largest absolute Gasteiger partial charge is 0.484 e. The topological polar surface area (TPSA) is 108 Å². The second-order valence-corrected chi connectivity index (χ2v) is 9.07. The molecule has 35 heavy (non-hydrogen) atoms. The predicted octanol–water partition coefficient (Wildman–Crippen LogP) is 4.20. The lowest BCUT2D eigenvalue weighted by atomic mass is 9.92. The highest BCUT2D eigenvalue weighted by Gasteiger charge is 2.25. The Morgan fingerprint density at radius 1 is 1.03 bits per heavy atom. The number of anilines is 1. The number of nitriles is 1. The Labute approximate surface area is 206 Å². The quantitative estimate of drug-likeness (QED) is 0.462. The van der Waals surface area contributed by atoms with Crippen molar-refractivity contribution in [3.63, 3.8) is 0 Å². The zero-order chi connectivity index (χ0) is 25.3.